The number of nitrogens with zero attached hydrogens (tertiary/aromatic N) is 2. The first-order chi connectivity index (χ1) is 13.0. The minimum Gasteiger partial charge on any atom is -0.460 e. The number of carbonyl (C=O) groups excluding carboxylic acids is 2. The van der Waals surface area contributed by atoms with Crippen LogP contribution in [0.5, 0.6) is 0 Å². The van der Waals surface area contributed by atoms with Gasteiger partial charge in [-0.05, 0) is 31.0 Å². The highest BCUT2D eigenvalue weighted by Crippen LogP contribution is 2.31. The van der Waals surface area contributed by atoms with Crippen molar-refractivity contribution in [3.05, 3.63) is 46.7 Å². The van der Waals surface area contributed by atoms with Crippen molar-refractivity contribution in [3.8, 4) is 6.07 Å². The van der Waals surface area contributed by atoms with E-state index in [1.807, 2.05) is 6.92 Å². The van der Waals surface area contributed by atoms with Crippen molar-refractivity contribution in [2.75, 3.05) is 26.9 Å². The molecular weight excluding hydrogens is 346 g/mol. The van der Waals surface area contributed by atoms with Gasteiger partial charge in [-0.15, -0.1) is 0 Å². The molecule has 7 heteroatoms. The minimum atomic E-state index is -0.627. The number of ether oxygens (including phenoxy) is 2. The second-order valence-electron chi connectivity index (χ2n) is 6.25. The number of rotatable bonds is 8. The number of carbonyl (C=O) groups is 2. The van der Waals surface area contributed by atoms with Crippen molar-refractivity contribution in [2.24, 2.45) is 0 Å². The van der Waals surface area contributed by atoms with Crippen molar-refractivity contribution in [2.45, 2.75) is 32.7 Å². The third-order valence-electron chi connectivity index (χ3n) is 4.45. The molecule has 0 aromatic heterocycles. The molecular formula is C20H25N3O4. The maximum Gasteiger partial charge on any atom is 0.338 e. The van der Waals surface area contributed by atoms with E-state index in [0.29, 0.717) is 30.0 Å². The number of hydrogen-bond acceptors (Lipinski definition) is 5. The highest BCUT2D eigenvalue weighted by atomic mass is 16.6. The Hall–Kier alpha value is -2.85. The molecule has 1 N–H and O–H groups in total. The Morgan fingerprint density at radius 2 is 2.00 bits per heavy atom. The Morgan fingerprint density at radius 3 is 2.59 bits per heavy atom. The fourth-order valence-corrected chi connectivity index (χ4v) is 2.93. The van der Waals surface area contributed by atoms with Crippen LogP contribution in [0.2, 0.25) is 0 Å². The number of benzene rings is 1. The Morgan fingerprint density at radius 1 is 1.30 bits per heavy atom. The number of allylic oxidation sites excluding steroid dienone is 1. The van der Waals surface area contributed by atoms with E-state index in [1.165, 1.54) is 7.11 Å². The number of amides is 2. The second-order valence-corrected chi connectivity index (χ2v) is 6.25. The van der Waals surface area contributed by atoms with E-state index in [1.54, 1.807) is 36.1 Å². The molecule has 0 fully saturated rings. The SMILES string of the molecule is CCCCN1C(=O)N[C@H](c2ccc(C#N)cc2)C(C(=O)OCCOC)=C1C. The molecule has 0 saturated carbocycles. The Bertz CT molecular complexity index is 749. The number of esters is 1. The number of hydrogen-bond donors (Lipinski definition) is 1. The fourth-order valence-electron chi connectivity index (χ4n) is 2.93. The zero-order valence-electron chi connectivity index (χ0n) is 15.9. The smallest absolute Gasteiger partial charge is 0.338 e. The summed E-state index contributed by atoms with van der Waals surface area (Å²) in [6, 6.07) is 7.98. The molecule has 2 rings (SSSR count). The van der Waals surface area contributed by atoms with Gasteiger partial charge in [0.15, 0.2) is 0 Å². The first-order valence-corrected chi connectivity index (χ1v) is 8.98. The van der Waals surface area contributed by atoms with Gasteiger partial charge < -0.3 is 14.8 Å². The maximum absolute atomic E-state index is 12.8. The molecule has 0 bridgehead atoms. The molecule has 0 radical (unpaired) electrons. The van der Waals surface area contributed by atoms with Crippen molar-refractivity contribution in [3.63, 3.8) is 0 Å². The topological polar surface area (TPSA) is 91.7 Å². The summed E-state index contributed by atoms with van der Waals surface area (Å²) in [7, 11) is 1.53. The Kier molecular flexibility index (Phi) is 7.38. The number of methoxy groups -OCH3 is 1. The predicted molar refractivity (Wildman–Crippen MR) is 99.6 cm³/mol. The fraction of sp³-hybridized carbons (Fsp3) is 0.450. The zero-order chi connectivity index (χ0) is 19.8. The Labute approximate surface area is 159 Å². The van der Waals surface area contributed by atoms with Crippen LogP contribution in [0.25, 0.3) is 0 Å². The quantitative estimate of drug-likeness (QED) is 0.560. The summed E-state index contributed by atoms with van der Waals surface area (Å²) in [5, 5.41) is 11.9. The largest absolute Gasteiger partial charge is 0.460 e. The van der Waals surface area contributed by atoms with Gasteiger partial charge in [-0.25, -0.2) is 9.59 Å². The van der Waals surface area contributed by atoms with Gasteiger partial charge in [-0.1, -0.05) is 25.5 Å². The molecule has 7 nitrogen and oxygen atoms in total. The molecule has 27 heavy (non-hydrogen) atoms. The van der Waals surface area contributed by atoms with Crippen LogP contribution in [0.15, 0.2) is 35.5 Å². The van der Waals surface area contributed by atoms with Gasteiger partial charge in [0.2, 0.25) is 0 Å². The van der Waals surface area contributed by atoms with Crippen LogP contribution in [-0.2, 0) is 14.3 Å². The van der Waals surface area contributed by atoms with Crippen LogP contribution < -0.4 is 5.32 Å². The predicted octanol–water partition coefficient (Wildman–Crippen LogP) is 2.89. The van der Waals surface area contributed by atoms with Crippen molar-refractivity contribution < 1.29 is 19.1 Å². The van der Waals surface area contributed by atoms with Crippen molar-refractivity contribution in [1.82, 2.24) is 10.2 Å². The average molecular weight is 371 g/mol. The third-order valence-corrected chi connectivity index (χ3v) is 4.45. The average Bonchev–Trinajstić information content (AvgIpc) is 2.67. The molecule has 1 heterocycles. The summed E-state index contributed by atoms with van der Waals surface area (Å²) in [5.74, 6) is -0.486. The minimum absolute atomic E-state index is 0.134. The van der Waals surface area contributed by atoms with E-state index in [4.69, 9.17) is 14.7 Å². The highest BCUT2D eigenvalue weighted by molar-refractivity contribution is 5.95. The zero-order valence-corrected chi connectivity index (χ0v) is 15.9. The van der Waals surface area contributed by atoms with E-state index in [-0.39, 0.29) is 12.6 Å². The number of urea groups is 1. The summed E-state index contributed by atoms with van der Waals surface area (Å²) < 4.78 is 10.3. The Balaban J connectivity index is 2.39. The first kappa shape index (κ1) is 20.5. The van der Waals surface area contributed by atoms with Crippen LogP contribution in [0.4, 0.5) is 4.79 Å². The van der Waals surface area contributed by atoms with Gasteiger partial charge in [-0.3, -0.25) is 4.90 Å². The van der Waals surface area contributed by atoms with Crippen LogP contribution in [0.1, 0.15) is 43.9 Å². The van der Waals surface area contributed by atoms with Crippen LogP contribution in [-0.4, -0.2) is 43.8 Å². The molecule has 2 amide bonds. The molecule has 1 aromatic rings. The van der Waals surface area contributed by atoms with Crippen molar-refractivity contribution in [1.29, 1.82) is 5.26 Å². The molecule has 1 aromatic carbocycles. The lowest BCUT2D eigenvalue weighted by molar-refractivity contribution is -0.140. The van der Waals surface area contributed by atoms with Crippen molar-refractivity contribution >= 4 is 12.0 Å². The standard InChI is InChI=1S/C20H25N3O4/c1-4-5-10-23-14(2)17(19(24)27-12-11-26-3)18(22-20(23)25)16-8-6-15(13-21)7-9-16/h6-9,18H,4-5,10-12H2,1-3H3,(H,22,25)/t18-/m1/s1. The maximum atomic E-state index is 12.8. The summed E-state index contributed by atoms with van der Waals surface area (Å²) in [4.78, 5) is 26.9. The van der Waals surface area contributed by atoms with Gasteiger partial charge in [0.1, 0.15) is 6.61 Å². The van der Waals surface area contributed by atoms with E-state index in [0.717, 1.165) is 18.4 Å². The first-order valence-electron chi connectivity index (χ1n) is 8.98. The number of unbranched alkanes of at least 4 members (excludes halogenated alkanes) is 1. The molecule has 0 spiro atoms. The highest BCUT2D eigenvalue weighted by Gasteiger charge is 2.36. The monoisotopic (exact) mass is 371 g/mol. The van der Waals surface area contributed by atoms with Gasteiger partial charge in [0.05, 0.1) is 29.9 Å². The summed E-state index contributed by atoms with van der Waals surface area (Å²) >= 11 is 0. The van der Waals surface area contributed by atoms with Gasteiger partial charge >= 0.3 is 12.0 Å². The van der Waals surface area contributed by atoms with Gasteiger partial charge in [0.25, 0.3) is 0 Å². The molecule has 1 atom stereocenters. The normalized spacial score (nSPS) is 16.7. The third kappa shape index (κ3) is 4.86. The number of nitriles is 1. The van der Waals surface area contributed by atoms with E-state index >= 15 is 0 Å². The van der Waals surface area contributed by atoms with E-state index in [2.05, 4.69) is 11.4 Å². The lowest BCUT2D eigenvalue weighted by Gasteiger charge is -2.35. The van der Waals surface area contributed by atoms with Gasteiger partial charge in [0, 0.05) is 19.4 Å². The molecule has 0 aliphatic carbocycles. The summed E-state index contributed by atoms with van der Waals surface area (Å²) in [5.41, 5.74) is 2.21. The van der Waals surface area contributed by atoms with Crippen LogP contribution >= 0.6 is 0 Å². The lowest BCUT2D eigenvalue weighted by atomic mass is 9.94. The lowest BCUT2D eigenvalue weighted by Crippen LogP contribution is -2.48. The second kappa shape index (κ2) is 9.74. The number of nitrogens with one attached hydrogen (secondary N) is 1. The molecule has 0 saturated heterocycles. The van der Waals surface area contributed by atoms with E-state index < -0.39 is 12.0 Å². The summed E-state index contributed by atoms with van der Waals surface area (Å²) in [6.45, 7) is 4.77. The summed E-state index contributed by atoms with van der Waals surface area (Å²) in [6.07, 6.45) is 1.77. The molecule has 1 aliphatic rings. The van der Waals surface area contributed by atoms with Crippen LogP contribution in [0.3, 0.4) is 0 Å². The van der Waals surface area contributed by atoms with Crippen LogP contribution in [0, 0.1) is 11.3 Å². The molecule has 0 unspecified atom stereocenters. The van der Waals surface area contributed by atoms with Gasteiger partial charge in [-0.2, -0.15) is 5.26 Å². The van der Waals surface area contributed by atoms with E-state index in [9.17, 15) is 9.59 Å². The molecule has 144 valence electrons. The molecule has 1 aliphatic heterocycles.